The molecule has 11 nitrogen and oxygen atoms in total. The first-order chi connectivity index (χ1) is 19.4. The van der Waals surface area contributed by atoms with E-state index in [0.717, 1.165) is 10.2 Å². The lowest BCUT2D eigenvalue weighted by Gasteiger charge is -2.13. The van der Waals surface area contributed by atoms with Crippen LogP contribution in [0.4, 0.5) is 11.5 Å². The normalized spacial score (nSPS) is 11.4. The number of nitrogens with one attached hydrogen (secondary N) is 1. The van der Waals surface area contributed by atoms with Gasteiger partial charge in [-0.1, -0.05) is 42.5 Å². The average Bonchev–Trinajstić information content (AvgIpc) is 3.42. The molecule has 0 radical (unpaired) electrons. The number of para-hydroxylation sites is 2. The van der Waals surface area contributed by atoms with Gasteiger partial charge in [-0.2, -0.15) is 20.3 Å². The van der Waals surface area contributed by atoms with Crippen LogP contribution < -0.4 is 5.56 Å². The van der Waals surface area contributed by atoms with Gasteiger partial charge in [-0.3, -0.25) is 14.9 Å². The van der Waals surface area contributed by atoms with Crippen molar-refractivity contribution >= 4 is 34.5 Å². The van der Waals surface area contributed by atoms with Crippen molar-refractivity contribution < 1.29 is 4.92 Å². The van der Waals surface area contributed by atoms with E-state index in [1.807, 2.05) is 48.5 Å². The first-order valence-corrected chi connectivity index (χ1v) is 11.9. The molecule has 2 heterocycles. The number of nitrogens with zero attached hydrogens (tertiary/aromatic N) is 7. The minimum Gasteiger partial charge on any atom is -0.337 e. The van der Waals surface area contributed by atoms with Crippen LogP contribution in [0.5, 0.6) is 0 Å². The maximum absolute atomic E-state index is 13.7. The number of nitro benzene ring substituents is 1. The fourth-order valence-electron chi connectivity index (χ4n) is 4.11. The van der Waals surface area contributed by atoms with Gasteiger partial charge >= 0.3 is 0 Å². The van der Waals surface area contributed by atoms with Gasteiger partial charge in [0.05, 0.1) is 16.0 Å². The molecule has 192 valence electrons. The molecule has 0 amide bonds. The summed E-state index contributed by atoms with van der Waals surface area (Å²) >= 11 is 0. The van der Waals surface area contributed by atoms with Gasteiger partial charge in [0.25, 0.3) is 11.2 Å². The number of benzene rings is 3. The van der Waals surface area contributed by atoms with Crippen molar-refractivity contribution in [2.24, 2.45) is 10.1 Å². The number of hydrogen-bond donors (Lipinski definition) is 1. The molecule has 5 rings (SSSR count). The van der Waals surface area contributed by atoms with E-state index in [1.54, 1.807) is 19.1 Å². The zero-order valence-corrected chi connectivity index (χ0v) is 20.9. The number of aliphatic imine (C=N–C) groups is 1. The van der Waals surface area contributed by atoms with Crippen molar-refractivity contribution in [3.63, 3.8) is 0 Å². The molecule has 5 aromatic rings. The Hall–Kier alpha value is -6.20. The summed E-state index contributed by atoms with van der Waals surface area (Å²) in [5.74, 6) is 0.279. The first kappa shape index (κ1) is 25.4. The number of nitro groups is 1. The molecule has 40 heavy (non-hydrogen) atoms. The Kier molecular flexibility index (Phi) is 6.78. The molecule has 0 saturated heterocycles. The minimum absolute atomic E-state index is 0.0120. The summed E-state index contributed by atoms with van der Waals surface area (Å²) in [6.07, 6.45) is 1.48. The molecule has 1 N–H and O–H groups in total. The highest BCUT2D eigenvalue weighted by Gasteiger charge is 2.24. The van der Waals surface area contributed by atoms with Gasteiger partial charge < -0.3 is 4.98 Å². The number of fused-ring (bicyclic) bond motifs is 1. The van der Waals surface area contributed by atoms with Gasteiger partial charge in [-0.05, 0) is 42.3 Å². The lowest BCUT2D eigenvalue weighted by atomic mass is 9.96. The summed E-state index contributed by atoms with van der Waals surface area (Å²) in [7, 11) is 0. The van der Waals surface area contributed by atoms with Crippen molar-refractivity contribution in [2.75, 3.05) is 0 Å². The largest absolute Gasteiger partial charge is 0.337 e. The molecule has 0 spiro atoms. The smallest absolute Gasteiger partial charge is 0.291 e. The lowest BCUT2D eigenvalue weighted by Crippen LogP contribution is -2.23. The number of imidazole rings is 1. The summed E-state index contributed by atoms with van der Waals surface area (Å²) in [6, 6.07) is 25.6. The predicted molar refractivity (Wildman–Crippen MR) is 150 cm³/mol. The highest BCUT2D eigenvalue weighted by Crippen LogP contribution is 2.33. The molecular weight excluding hydrogens is 508 g/mol. The topological polar surface area (TPSA) is 166 Å². The Labute approximate surface area is 226 Å². The lowest BCUT2D eigenvalue weighted by molar-refractivity contribution is -0.384. The second kappa shape index (κ2) is 10.7. The molecule has 3 aromatic carbocycles. The Morgan fingerprint density at radius 1 is 1.00 bits per heavy atom. The Morgan fingerprint density at radius 3 is 2.33 bits per heavy atom. The number of aromatic amines is 1. The van der Waals surface area contributed by atoms with Crippen molar-refractivity contribution in [3.8, 4) is 23.3 Å². The number of non-ortho nitro benzene ring substituents is 1. The molecule has 0 atom stereocenters. The van der Waals surface area contributed by atoms with Gasteiger partial charge in [-0.15, -0.1) is 0 Å². The van der Waals surface area contributed by atoms with E-state index >= 15 is 0 Å². The third-order valence-corrected chi connectivity index (χ3v) is 6.04. The number of pyridine rings is 1. The summed E-state index contributed by atoms with van der Waals surface area (Å²) in [6.45, 7) is 1.64. The van der Waals surface area contributed by atoms with E-state index in [-0.39, 0.29) is 33.8 Å². The Bertz CT molecular complexity index is 1940. The molecule has 0 aliphatic heterocycles. The van der Waals surface area contributed by atoms with Crippen LogP contribution in [0.2, 0.25) is 0 Å². The Morgan fingerprint density at radius 2 is 1.68 bits per heavy atom. The molecule has 0 bridgehead atoms. The summed E-state index contributed by atoms with van der Waals surface area (Å²) in [5, 5.41) is 35.9. The average molecular weight is 527 g/mol. The molecule has 0 aliphatic rings. The maximum atomic E-state index is 13.7. The molecule has 2 aromatic heterocycles. The van der Waals surface area contributed by atoms with E-state index in [9.17, 15) is 25.4 Å². The number of rotatable bonds is 6. The third kappa shape index (κ3) is 4.74. The highest BCUT2D eigenvalue weighted by molar-refractivity contribution is 5.98. The summed E-state index contributed by atoms with van der Waals surface area (Å²) in [4.78, 5) is 36.4. The van der Waals surface area contributed by atoms with Gasteiger partial charge in [0, 0.05) is 23.9 Å². The number of aromatic nitrogens is 3. The van der Waals surface area contributed by atoms with Crippen LogP contribution in [0.1, 0.15) is 29.4 Å². The summed E-state index contributed by atoms with van der Waals surface area (Å²) in [5.41, 5.74) is 1.32. The zero-order chi connectivity index (χ0) is 28.2. The van der Waals surface area contributed by atoms with Crippen LogP contribution >= 0.6 is 0 Å². The quantitative estimate of drug-likeness (QED) is 0.184. The van der Waals surface area contributed by atoms with Gasteiger partial charge in [0.2, 0.25) is 0 Å². The van der Waals surface area contributed by atoms with Crippen LogP contribution in [0.15, 0.2) is 93.8 Å². The molecule has 0 fully saturated rings. The summed E-state index contributed by atoms with van der Waals surface area (Å²) < 4.78 is 0.911. The van der Waals surface area contributed by atoms with Gasteiger partial charge in [0.1, 0.15) is 29.0 Å². The van der Waals surface area contributed by atoms with Crippen molar-refractivity contribution in [1.82, 2.24) is 14.6 Å². The maximum Gasteiger partial charge on any atom is 0.291 e. The van der Waals surface area contributed by atoms with Gasteiger partial charge in [0.15, 0.2) is 11.6 Å². The monoisotopic (exact) mass is 526 g/mol. The molecule has 0 saturated carbocycles. The van der Waals surface area contributed by atoms with E-state index < -0.39 is 10.5 Å². The van der Waals surface area contributed by atoms with E-state index in [4.69, 9.17) is 0 Å². The second-order valence-corrected chi connectivity index (χ2v) is 8.55. The van der Waals surface area contributed by atoms with Crippen molar-refractivity contribution in [1.29, 1.82) is 10.5 Å². The first-order valence-electron chi connectivity index (χ1n) is 11.9. The van der Waals surface area contributed by atoms with Crippen LogP contribution in [0, 0.1) is 32.8 Å². The van der Waals surface area contributed by atoms with Crippen molar-refractivity contribution in [2.45, 2.75) is 6.92 Å². The van der Waals surface area contributed by atoms with Crippen molar-refractivity contribution in [3.05, 3.63) is 122 Å². The second-order valence-electron chi connectivity index (χ2n) is 8.55. The number of nitriles is 2. The van der Waals surface area contributed by atoms with Crippen LogP contribution in [-0.2, 0) is 0 Å². The van der Waals surface area contributed by atoms with Gasteiger partial charge in [-0.25, -0.2) is 9.98 Å². The number of H-pyrrole nitrogens is 1. The SMILES string of the molecule is C/C(=N\n1c(N=Cc2ccccc2)c(C#N)c(-c2ccc([N+](=O)[O-])cc2)c(C#N)c1=O)c1nc2ccccc2[nH]1. The van der Waals surface area contributed by atoms with Crippen LogP contribution in [-0.4, -0.2) is 31.5 Å². The molecular formula is C29H18N8O3. The predicted octanol–water partition coefficient (Wildman–Crippen LogP) is 5.07. The molecule has 0 aliphatic carbocycles. The molecule has 0 unspecified atom stereocenters. The third-order valence-electron chi connectivity index (χ3n) is 6.04. The highest BCUT2D eigenvalue weighted by atomic mass is 16.6. The zero-order valence-electron chi connectivity index (χ0n) is 20.9. The van der Waals surface area contributed by atoms with Crippen LogP contribution in [0.3, 0.4) is 0 Å². The van der Waals surface area contributed by atoms with Crippen LogP contribution in [0.25, 0.3) is 22.2 Å². The minimum atomic E-state index is -0.814. The standard InChI is InChI=1S/C29H18N8O3/c1-18(27-33-24-9-5-6-10-25(24)34-27)35-36-28(32-17-19-7-3-2-4-8-19)22(15-30)26(23(16-31)29(36)38)20-11-13-21(14-12-20)37(39)40/h2-14,17H,1H3,(H,33,34)/b32-17?,35-18+. The van der Waals surface area contributed by atoms with E-state index in [1.165, 1.54) is 30.5 Å². The number of hydrogen-bond acceptors (Lipinski definition) is 8. The fraction of sp³-hybridized carbons (Fsp3) is 0.0345. The van der Waals surface area contributed by atoms with E-state index in [2.05, 4.69) is 26.1 Å². The molecule has 11 heteroatoms. The van der Waals surface area contributed by atoms with E-state index in [0.29, 0.717) is 22.6 Å². The fourth-order valence-corrected chi connectivity index (χ4v) is 4.11. The Balaban J connectivity index is 1.78.